The van der Waals surface area contributed by atoms with E-state index >= 15 is 0 Å². The molecule has 0 saturated heterocycles. The van der Waals surface area contributed by atoms with Crippen LogP contribution >= 0.6 is 0 Å². The molecule has 0 aliphatic heterocycles. The van der Waals surface area contributed by atoms with Crippen molar-refractivity contribution in [2.75, 3.05) is 0 Å². The molecule has 0 saturated carbocycles. The van der Waals surface area contributed by atoms with Crippen LogP contribution in [0.1, 0.15) is 17.0 Å². The van der Waals surface area contributed by atoms with Crippen LogP contribution in [0.25, 0.3) is 0 Å². The van der Waals surface area contributed by atoms with Gasteiger partial charge in [0.2, 0.25) is 0 Å². The number of nitrogens with zero attached hydrogens (tertiary/aromatic N) is 1. The maximum absolute atomic E-state index is 10.0. The Balaban J connectivity index is 0.000000810. The van der Waals surface area contributed by atoms with Gasteiger partial charge in [-0.25, -0.2) is 5.10 Å². The van der Waals surface area contributed by atoms with Crippen LogP contribution in [-0.2, 0) is 37.5 Å². The van der Waals surface area contributed by atoms with E-state index in [9.17, 15) is 4.79 Å². The molecule has 0 amide bonds. The van der Waals surface area contributed by atoms with E-state index in [0.29, 0.717) is 5.69 Å². The SMILES string of the molecule is Cc1n[nH]c([C-]=O)c1C.[Y+3]. The smallest absolute Gasteiger partial charge is 0.417 e. The second kappa shape index (κ2) is 3.99. The molecule has 0 aliphatic rings. The third-order valence-electron chi connectivity index (χ3n) is 1.36. The molecule has 1 N–H and O–H groups in total. The maximum Gasteiger partial charge on any atom is 3.00 e. The van der Waals surface area contributed by atoms with E-state index in [2.05, 4.69) is 10.2 Å². The van der Waals surface area contributed by atoms with Gasteiger partial charge in [0.1, 0.15) is 0 Å². The van der Waals surface area contributed by atoms with Crippen molar-refractivity contribution >= 4 is 6.29 Å². The second-order valence-corrected chi connectivity index (χ2v) is 1.91. The second-order valence-electron chi connectivity index (χ2n) is 1.91. The van der Waals surface area contributed by atoms with E-state index in [0.717, 1.165) is 11.3 Å². The van der Waals surface area contributed by atoms with E-state index in [1.54, 1.807) is 6.29 Å². The summed E-state index contributed by atoms with van der Waals surface area (Å²) in [5, 5.41) is 6.35. The number of rotatable bonds is 1. The Bertz CT molecular complexity index is 232. The summed E-state index contributed by atoms with van der Waals surface area (Å²) in [5.41, 5.74) is 2.19. The Morgan fingerprint density at radius 2 is 2.10 bits per heavy atom. The van der Waals surface area contributed by atoms with Crippen LogP contribution < -0.4 is 0 Å². The van der Waals surface area contributed by atoms with Gasteiger partial charge in [0.05, 0.1) is 0 Å². The summed E-state index contributed by atoms with van der Waals surface area (Å²) in [6.07, 6.45) is 1.75. The summed E-state index contributed by atoms with van der Waals surface area (Å²) in [5.74, 6) is 0. The number of hydrogen-bond acceptors (Lipinski definition) is 2. The number of aromatic amines is 1. The van der Waals surface area contributed by atoms with Gasteiger partial charge in [-0.3, -0.25) is 0 Å². The van der Waals surface area contributed by atoms with Gasteiger partial charge < -0.3 is 9.89 Å². The molecule has 0 spiro atoms. The van der Waals surface area contributed by atoms with Gasteiger partial charge in [-0.1, -0.05) is 5.69 Å². The Labute approximate surface area is 84.5 Å². The minimum absolute atomic E-state index is 0. The zero-order valence-electron chi connectivity index (χ0n) is 5.93. The summed E-state index contributed by atoms with van der Waals surface area (Å²) in [4.78, 5) is 10.0. The van der Waals surface area contributed by atoms with Crippen LogP contribution in [0.5, 0.6) is 0 Å². The van der Waals surface area contributed by atoms with Crippen molar-refractivity contribution in [3.05, 3.63) is 17.0 Å². The van der Waals surface area contributed by atoms with Crippen molar-refractivity contribution in [3.63, 3.8) is 0 Å². The van der Waals surface area contributed by atoms with Crippen molar-refractivity contribution in [3.8, 4) is 0 Å². The number of carbonyl (C=O) groups excluding carboxylic acids is 1. The van der Waals surface area contributed by atoms with E-state index in [1.807, 2.05) is 13.8 Å². The molecule has 0 fully saturated rings. The molecule has 0 unspecified atom stereocenters. The molecule has 1 aromatic heterocycles. The number of hydrogen-bond donors (Lipinski definition) is 1. The van der Waals surface area contributed by atoms with Crippen molar-refractivity contribution < 1.29 is 37.5 Å². The summed E-state index contributed by atoms with van der Waals surface area (Å²) >= 11 is 0. The van der Waals surface area contributed by atoms with Gasteiger partial charge in [-0.15, -0.1) is 12.5 Å². The van der Waals surface area contributed by atoms with Crippen LogP contribution in [0.3, 0.4) is 0 Å². The first-order valence-electron chi connectivity index (χ1n) is 2.65. The van der Waals surface area contributed by atoms with Gasteiger partial charge >= 0.3 is 32.7 Å². The van der Waals surface area contributed by atoms with E-state index in [4.69, 9.17) is 0 Å². The van der Waals surface area contributed by atoms with E-state index < -0.39 is 0 Å². The monoisotopic (exact) mass is 212 g/mol. The molecule has 10 heavy (non-hydrogen) atoms. The first kappa shape index (κ1) is 9.98. The number of H-pyrrole nitrogens is 1. The standard InChI is InChI=1S/C6H7N2O.Y/c1-4-5(2)7-8-6(4)3-9;/h1-2H3,(H,7,8);/q-1;+3. The molecule has 1 aromatic rings. The average molecular weight is 212 g/mol. The van der Waals surface area contributed by atoms with Gasteiger partial charge in [-0.2, -0.15) is 0 Å². The minimum Gasteiger partial charge on any atom is -0.417 e. The molecule has 48 valence electrons. The van der Waals surface area contributed by atoms with Gasteiger partial charge in [0.15, 0.2) is 0 Å². The normalized spacial score (nSPS) is 8.60. The van der Waals surface area contributed by atoms with E-state index in [1.165, 1.54) is 0 Å². The average Bonchev–Trinajstić information content (AvgIpc) is 2.15. The van der Waals surface area contributed by atoms with Crippen LogP contribution in [0.2, 0.25) is 0 Å². The van der Waals surface area contributed by atoms with Gasteiger partial charge in [-0.05, 0) is 12.6 Å². The van der Waals surface area contributed by atoms with Gasteiger partial charge in [0, 0.05) is 6.29 Å². The topological polar surface area (TPSA) is 45.8 Å². The molecule has 0 atom stereocenters. The molecular weight excluding hydrogens is 205 g/mol. The molecular formula is C6H7N2OY+2. The molecule has 1 rings (SSSR count). The zero-order chi connectivity index (χ0) is 6.85. The van der Waals surface area contributed by atoms with Crippen LogP contribution in [0.4, 0.5) is 0 Å². The molecule has 0 aromatic carbocycles. The largest absolute Gasteiger partial charge is 3.00 e. The molecule has 3 nitrogen and oxygen atoms in total. The number of aryl methyl sites for hydroxylation is 1. The fraction of sp³-hybridized carbons (Fsp3) is 0.333. The predicted molar refractivity (Wildman–Crippen MR) is 32.9 cm³/mol. The number of nitrogens with one attached hydrogen (secondary N) is 1. The molecule has 4 heteroatoms. The third kappa shape index (κ3) is 1.73. The Hall–Kier alpha value is -0.0161. The van der Waals surface area contributed by atoms with Crippen molar-refractivity contribution in [2.45, 2.75) is 13.8 Å². The number of aromatic nitrogens is 2. The fourth-order valence-electron chi connectivity index (χ4n) is 0.588. The molecule has 1 heterocycles. The summed E-state index contributed by atoms with van der Waals surface area (Å²) in [7, 11) is 0. The molecule has 0 aliphatic carbocycles. The predicted octanol–water partition coefficient (Wildman–Crippen LogP) is 0.482. The van der Waals surface area contributed by atoms with E-state index in [-0.39, 0.29) is 32.7 Å². The quantitative estimate of drug-likeness (QED) is 0.688. The summed E-state index contributed by atoms with van der Waals surface area (Å²) in [6, 6.07) is 0. The van der Waals surface area contributed by atoms with Crippen molar-refractivity contribution in [2.24, 2.45) is 0 Å². The summed E-state index contributed by atoms with van der Waals surface area (Å²) < 4.78 is 0. The molecule has 0 bridgehead atoms. The van der Waals surface area contributed by atoms with Gasteiger partial charge in [0.25, 0.3) is 0 Å². The Kier molecular flexibility index (Phi) is 3.98. The Morgan fingerprint density at radius 3 is 2.30 bits per heavy atom. The first-order valence-corrected chi connectivity index (χ1v) is 2.65. The third-order valence-corrected chi connectivity index (χ3v) is 1.36. The zero-order valence-corrected chi connectivity index (χ0v) is 8.77. The maximum atomic E-state index is 10.0. The van der Waals surface area contributed by atoms with Crippen molar-refractivity contribution in [1.82, 2.24) is 10.2 Å². The molecule has 0 radical (unpaired) electrons. The van der Waals surface area contributed by atoms with Crippen LogP contribution in [0, 0.1) is 13.8 Å². The fourth-order valence-corrected chi connectivity index (χ4v) is 0.588. The summed E-state index contributed by atoms with van der Waals surface area (Å²) in [6.45, 7) is 3.67. The van der Waals surface area contributed by atoms with Crippen LogP contribution in [0.15, 0.2) is 0 Å². The van der Waals surface area contributed by atoms with Crippen molar-refractivity contribution in [1.29, 1.82) is 0 Å². The Morgan fingerprint density at radius 1 is 1.50 bits per heavy atom. The van der Waals surface area contributed by atoms with Crippen LogP contribution in [-0.4, -0.2) is 16.5 Å². The first-order chi connectivity index (χ1) is 4.25. The minimum atomic E-state index is 0.